The number of carbonyl (C=O) groups is 2. The van der Waals surface area contributed by atoms with E-state index in [2.05, 4.69) is 129 Å². The maximum Gasteiger partial charge on any atom is 0.306 e. The van der Waals surface area contributed by atoms with Crippen molar-refractivity contribution in [2.75, 3.05) is 13.2 Å². The molecule has 456 valence electrons. The second-order valence-electron chi connectivity index (χ2n) is 21.4. The van der Waals surface area contributed by atoms with Crippen LogP contribution >= 0.6 is 0 Å². The van der Waals surface area contributed by atoms with Crippen LogP contribution in [0.15, 0.2) is 122 Å². The summed E-state index contributed by atoms with van der Waals surface area (Å²) in [5.74, 6) is -1.23. The van der Waals surface area contributed by atoms with E-state index < -0.39 is 67.4 Å². The Morgan fingerprint density at radius 3 is 1.49 bits per heavy atom. The predicted molar refractivity (Wildman–Crippen MR) is 333 cm³/mol. The fraction of sp³-hybridized carbons (Fsp3) is 0.681. The Morgan fingerprint density at radius 1 is 0.512 bits per heavy atom. The number of rotatable bonds is 52. The van der Waals surface area contributed by atoms with Crippen molar-refractivity contribution in [1.29, 1.82) is 0 Å². The number of ether oxygens (including phenoxy) is 3. The Kier molecular flexibility index (Phi) is 51.5. The quantitative estimate of drug-likeness (QED) is 0.0149. The summed E-state index contributed by atoms with van der Waals surface area (Å²) in [6.45, 7) is 5.52. The molecule has 1 saturated heterocycles. The maximum atomic E-state index is 13.4. The summed E-state index contributed by atoms with van der Waals surface area (Å²) in [6, 6.07) is -1.04. The van der Waals surface area contributed by atoms with Crippen molar-refractivity contribution < 1.29 is 49.3 Å². The number of esters is 1. The average molecular weight is 1120 g/mol. The van der Waals surface area contributed by atoms with E-state index in [-0.39, 0.29) is 19.4 Å². The molecule has 1 rings (SSSR count). The van der Waals surface area contributed by atoms with Gasteiger partial charge in [-0.3, -0.25) is 9.59 Å². The minimum Gasteiger partial charge on any atom is -0.454 e. The van der Waals surface area contributed by atoms with Crippen LogP contribution in [0.3, 0.4) is 0 Å². The van der Waals surface area contributed by atoms with E-state index in [1.807, 2.05) is 12.2 Å². The monoisotopic (exact) mass is 1120 g/mol. The molecule has 0 bridgehead atoms. The van der Waals surface area contributed by atoms with Gasteiger partial charge in [0.25, 0.3) is 0 Å². The lowest BCUT2D eigenvalue weighted by Gasteiger charge is -2.41. The SMILES string of the molecule is CC/C=C\C/C=C\C/C=C\C/C=C\C/C=C\C/C=C\CCCCCCCC(O)C(=O)NC(COC1OC(CO)C(O)C(O)C1OC(=O)CCCCCCCCC/C=C/C=C/C=C/CC)C(O)/C=C/CCCCCCCCCCCC. The van der Waals surface area contributed by atoms with Crippen LogP contribution in [0.4, 0.5) is 0 Å². The summed E-state index contributed by atoms with van der Waals surface area (Å²) in [4.78, 5) is 26.6. The Hall–Kier alpha value is -3.94. The third-order valence-corrected chi connectivity index (χ3v) is 14.2. The first-order valence-corrected chi connectivity index (χ1v) is 31.8. The van der Waals surface area contributed by atoms with Crippen LogP contribution in [-0.2, 0) is 23.8 Å². The van der Waals surface area contributed by atoms with Crippen LogP contribution in [0.25, 0.3) is 0 Å². The molecule has 1 aliphatic rings. The standard InChI is InChI=1S/C69H115NO10/c1-4-7-10-13-16-19-22-25-27-28-29-30-31-32-33-34-35-37-38-41-44-47-50-53-56-62(73)68(77)70-60(61(72)55-52-49-46-43-40-24-21-18-15-12-9-6-3)59-78-69-67(66(76)65(75)63(58-71)79-69)80-64(74)57-54-51-48-45-42-39-36-26-23-20-17-14-11-8-5-2/h7-8,10-11,14,16-17,19-20,23,25,27,29-30,32-33,35,37,52,55,60-63,65-67,69,71-73,75-76H,4-6,9,12-13,15,18,21-22,24,26,28,31,34,36,38-51,53-54,56-59H2,1-3H3,(H,70,77)/b10-7-,11-8+,17-14+,19-16-,23-20+,27-25-,30-29-,33-32-,37-35-,55-52+. The fourth-order valence-electron chi connectivity index (χ4n) is 9.18. The molecule has 0 aromatic heterocycles. The predicted octanol–water partition coefficient (Wildman–Crippen LogP) is 15.4. The van der Waals surface area contributed by atoms with E-state index in [0.29, 0.717) is 12.8 Å². The van der Waals surface area contributed by atoms with E-state index >= 15 is 0 Å². The number of amides is 1. The molecular formula is C69H115NO10. The Balaban J connectivity index is 2.67. The van der Waals surface area contributed by atoms with Gasteiger partial charge in [-0.05, 0) is 96.3 Å². The van der Waals surface area contributed by atoms with Crippen LogP contribution < -0.4 is 5.32 Å². The molecule has 0 aliphatic carbocycles. The highest BCUT2D eigenvalue weighted by molar-refractivity contribution is 5.80. The van der Waals surface area contributed by atoms with Crippen molar-refractivity contribution in [1.82, 2.24) is 5.32 Å². The lowest BCUT2D eigenvalue weighted by Crippen LogP contribution is -2.61. The van der Waals surface area contributed by atoms with Crippen molar-refractivity contribution in [2.24, 2.45) is 0 Å². The lowest BCUT2D eigenvalue weighted by molar-refractivity contribution is -0.305. The van der Waals surface area contributed by atoms with Crippen molar-refractivity contribution in [2.45, 2.75) is 288 Å². The van der Waals surface area contributed by atoms with Crippen LogP contribution in [-0.4, -0.2) is 99.6 Å². The van der Waals surface area contributed by atoms with Gasteiger partial charge in [0.1, 0.15) is 24.4 Å². The molecule has 11 heteroatoms. The summed E-state index contributed by atoms with van der Waals surface area (Å²) < 4.78 is 17.6. The van der Waals surface area contributed by atoms with Gasteiger partial charge in [-0.25, -0.2) is 0 Å². The van der Waals surface area contributed by atoms with E-state index in [0.717, 1.165) is 148 Å². The van der Waals surface area contributed by atoms with Gasteiger partial charge in [0.15, 0.2) is 12.4 Å². The van der Waals surface area contributed by atoms with Gasteiger partial charge in [0.2, 0.25) is 5.91 Å². The second-order valence-corrected chi connectivity index (χ2v) is 21.4. The molecule has 1 fully saturated rings. The van der Waals surface area contributed by atoms with Gasteiger partial charge in [-0.15, -0.1) is 0 Å². The largest absolute Gasteiger partial charge is 0.454 e. The summed E-state index contributed by atoms with van der Waals surface area (Å²) in [5, 5.41) is 57.0. The van der Waals surface area contributed by atoms with Crippen molar-refractivity contribution in [3.8, 4) is 0 Å². The molecule has 0 radical (unpaired) electrons. The maximum absolute atomic E-state index is 13.4. The molecule has 8 atom stereocenters. The molecule has 1 amide bonds. The van der Waals surface area contributed by atoms with Gasteiger partial charge < -0.3 is 45.1 Å². The first-order valence-electron chi connectivity index (χ1n) is 31.8. The number of carbonyl (C=O) groups excluding carboxylic acids is 2. The van der Waals surface area contributed by atoms with Crippen LogP contribution in [0.5, 0.6) is 0 Å². The minimum absolute atomic E-state index is 0.102. The smallest absolute Gasteiger partial charge is 0.306 e. The van der Waals surface area contributed by atoms with E-state index in [9.17, 15) is 35.1 Å². The number of allylic oxidation sites excluding steroid dienone is 19. The molecule has 0 aromatic carbocycles. The summed E-state index contributed by atoms with van der Waals surface area (Å²) in [6.07, 6.45) is 66.6. The van der Waals surface area contributed by atoms with E-state index in [1.165, 1.54) is 44.9 Å². The van der Waals surface area contributed by atoms with Crippen LogP contribution in [0.2, 0.25) is 0 Å². The van der Waals surface area contributed by atoms with Gasteiger partial charge in [-0.1, -0.05) is 258 Å². The molecular weight excluding hydrogens is 1000 g/mol. The molecule has 1 aliphatic heterocycles. The highest BCUT2D eigenvalue weighted by Crippen LogP contribution is 2.26. The number of aliphatic hydroxyl groups is 5. The van der Waals surface area contributed by atoms with Gasteiger partial charge >= 0.3 is 5.97 Å². The topological polar surface area (TPSA) is 175 Å². The molecule has 0 spiro atoms. The zero-order valence-electron chi connectivity index (χ0n) is 50.4. The van der Waals surface area contributed by atoms with Crippen molar-refractivity contribution >= 4 is 11.9 Å². The minimum atomic E-state index is -1.63. The molecule has 0 saturated carbocycles. The average Bonchev–Trinajstić information content (AvgIpc) is 3.46. The number of hydrogen-bond donors (Lipinski definition) is 6. The van der Waals surface area contributed by atoms with E-state index in [4.69, 9.17) is 14.2 Å². The first-order chi connectivity index (χ1) is 39.2. The first kappa shape index (κ1) is 74.1. The molecule has 6 N–H and O–H groups in total. The Labute approximate surface area is 487 Å². The van der Waals surface area contributed by atoms with Crippen LogP contribution in [0.1, 0.15) is 239 Å². The Morgan fingerprint density at radius 2 is 0.963 bits per heavy atom. The number of unbranched alkanes of at least 4 members (excludes halogenated alkanes) is 22. The van der Waals surface area contributed by atoms with Crippen molar-refractivity contribution in [3.05, 3.63) is 122 Å². The molecule has 0 aromatic rings. The van der Waals surface area contributed by atoms with Gasteiger partial charge in [0.05, 0.1) is 25.4 Å². The van der Waals surface area contributed by atoms with Gasteiger partial charge in [0, 0.05) is 6.42 Å². The van der Waals surface area contributed by atoms with Gasteiger partial charge in [-0.2, -0.15) is 0 Å². The summed E-state index contributed by atoms with van der Waals surface area (Å²) in [5.41, 5.74) is 0. The highest BCUT2D eigenvalue weighted by Gasteiger charge is 2.47. The highest BCUT2D eigenvalue weighted by atomic mass is 16.7. The Bertz CT molecular complexity index is 1760. The second kappa shape index (κ2) is 55.6. The number of nitrogens with one attached hydrogen (secondary N) is 1. The third-order valence-electron chi connectivity index (χ3n) is 14.2. The molecule has 8 unspecified atom stereocenters. The fourth-order valence-corrected chi connectivity index (χ4v) is 9.18. The van der Waals surface area contributed by atoms with Crippen LogP contribution in [0, 0.1) is 0 Å². The summed E-state index contributed by atoms with van der Waals surface area (Å²) in [7, 11) is 0. The normalized spacial score (nSPS) is 19.6. The summed E-state index contributed by atoms with van der Waals surface area (Å²) >= 11 is 0. The third kappa shape index (κ3) is 42.8. The number of aliphatic hydroxyl groups excluding tert-OH is 5. The zero-order chi connectivity index (χ0) is 58.2. The zero-order valence-corrected chi connectivity index (χ0v) is 50.4. The lowest BCUT2D eigenvalue weighted by atomic mass is 9.99. The molecule has 80 heavy (non-hydrogen) atoms. The van der Waals surface area contributed by atoms with Crippen molar-refractivity contribution in [3.63, 3.8) is 0 Å². The molecule has 1 heterocycles. The molecule has 11 nitrogen and oxygen atoms in total. The van der Waals surface area contributed by atoms with E-state index in [1.54, 1.807) is 6.08 Å². The number of hydrogen-bond acceptors (Lipinski definition) is 10.